The minimum Gasteiger partial charge on any atom is -0.462 e. The highest BCUT2D eigenvalue weighted by Gasteiger charge is 2.30. The molecule has 510 valence electrons. The number of rotatable bonds is 64. The van der Waals surface area contributed by atoms with E-state index in [-0.39, 0.29) is 25.7 Å². The fourth-order valence-electron chi connectivity index (χ4n) is 9.96. The average molecular weight is 1270 g/mol. The Morgan fingerprint density at radius 2 is 0.488 bits per heavy atom. The average Bonchev–Trinajstić information content (AvgIpc) is 3.61. The van der Waals surface area contributed by atoms with E-state index >= 15 is 0 Å². The monoisotopic (exact) mass is 1270 g/mol. The number of aliphatic hydroxyl groups excluding tert-OH is 1. The maximum atomic E-state index is 13.0. The summed E-state index contributed by atoms with van der Waals surface area (Å²) in [5, 5.41) is 10.6. The van der Waals surface area contributed by atoms with Gasteiger partial charge in [0, 0.05) is 25.7 Å². The van der Waals surface area contributed by atoms with Crippen LogP contribution in [0, 0.1) is 23.7 Å². The topological polar surface area (TPSA) is 237 Å². The normalized spacial score (nSPS) is 14.4. The molecule has 0 saturated carbocycles. The summed E-state index contributed by atoms with van der Waals surface area (Å²) in [5.74, 6) is 0.748. The van der Waals surface area contributed by atoms with Gasteiger partial charge in [-0.05, 0) is 49.4 Å². The van der Waals surface area contributed by atoms with Gasteiger partial charge in [0.05, 0.1) is 26.4 Å². The Kier molecular flexibility index (Phi) is 55.7. The SMILES string of the molecule is CC(C)CCCCCCCCCCCCCCCC(=O)O[C@H](COC(=O)CCCCCCCCCCC(C)C)COP(=O)(O)OCC(O)COP(=O)(O)OC[C@@H](COC(=O)CCCCCCCCCC(C)C)OC(=O)CCCCCCCCC(C)C. The molecule has 0 aromatic carbocycles. The van der Waals surface area contributed by atoms with Crippen molar-refractivity contribution in [1.29, 1.82) is 0 Å². The molecule has 3 unspecified atom stereocenters. The van der Waals surface area contributed by atoms with Gasteiger partial charge in [0.15, 0.2) is 12.2 Å². The molecule has 0 saturated heterocycles. The first kappa shape index (κ1) is 84.1. The number of hydrogen-bond acceptors (Lipinski definition) is 15. The van der Waals surface area contributed by atoms with E-state index in [2.05, 4.69) is 55.4 Å². The Hall–Kier alpha value is -1.94. The van der Waals surface area contributed by atoms with E-state index in [4.69, 9.17) is 37.0 Å². The molecular weight excluding hydrogens is 1140 g/mol. The highest BCUT2D eigenvalue weighted by atomic mass is 31.2. The lowest BCUT2D eigenvalue weighted by Gasteiger charge is -2.21. The molecule has 0 aliphatic heterocycles. The van der Waals surface area contributed by atoms with Crippen molar-refractivity contribution in [1.82, 2.24) is 0 Å². The van der Waals surface area contributed by atoms with E-state index in [1.807, 2.05) is 0 Å². The summed E-state index contributed by atoms with van der Waals surface area (Å²) in [4.78, 5) is 72.3. The number of carbonyl (C=O) groups is 4. The molecule has 0 spiro atoms. The third-order valence-electron chi connectivity index (χ3n) is 15.3. The van der Waals surface area contributed by atoms with Crippen LogP contribution in [0.1, 0.15) is 325 Å². The van der Waals surface area contributed by atoms with Crippen LogP contribution >= 0.6 is 15.6 Å². The molecule has 0 aromatic heterocycles. The Bertz CT molecular complexity index is 1710. The van der Waals surface area contributed by atoms with Crippen LogP contribution in [0.5, 0.6) is 0 Å². The van der Waals surface area contributed by atoms with Crippen molar-refractivity contribution in [2.24, 2.45) is 23.7 Å². The standard InChI is InChI=1S/C67H130O17P2/c1-57(2)43-35-27-19-14-12-10-9-11-13-15-23-33-41-49-66(71)83-62(53-77-64(69)47-39-31-22-17-16-20-28-36-44-58(3)4)55-81-85(73,74)79-51-61(68)52-80-86(75,76)82-56-63(84-67(72)50-42-34-26-25-30-38-46-60(7)8)54-78-65(70)48-40-32-24-18-21-29-37-45-59(5)6/h57-63,68H,9-56H2,1-8H3,(H,73,74)(H,75,76)/t61?,62-,63-/m1/s1. The summed E-state index contributed by atoms with van der Waals surface area (Å²) in [6, 6.07) is 0. The number of unbranched alkanes of at least 4 members (excludes halogenated alkanes) is 30. The number of carbonyl (C=O) groups excluding carboxylic acids is 4. The number of ether oxygens (including phenoxy) is 4. The maximum absolute atomic E-state index is 13.0. The third kappa shape index (κ3) is 60.9. The zero-order chi connectivity index (χ0) is 63.9. The quantitative estimate of drug-likeness (QED) is 0.0222. The Morgan fingerprint density at radius 1 is 0.291 bits per heavy atom. The van der Waals surface area contributed by atoms with Crippen LogP contribution < -0.4 is 0 Å². The molecule has 0 heterocycles. The summed E-state index contributed by atoms with van der Waals surface area (Å²) in [5.41, 5.74) is 0. The van der Waals surface area contributed by atoms with E-state index in [1.165, 1.54) is 122 Å². The predicted molar refractivity (Wildman–Crippen MR) is 344 cm³/mol. The zero-order valence-corrected chi connectivity index (χ0v) is 57.7. The van der Waals surface area contributed by atoms with Gasteiger partial charge in [0.25, 0.3) is 0 Å². The van der Waals surface area contributed by atoms with Crippen molar-refractivity contribution in [3.8, 4) is 0 Å². The molecule has 0 aliphatic rings. The number of phosphoric acid groups is 2. The lowest BCUT2D eigenvalue weighted by Crippen LogP contribution is -2.30. The van der Waals surface area contributed by atoms with Gasteiger partial charge in [0.2, 0.25) is 0 Å². The highest BCUT2D eigenvalue weighted by molar-refractivity contribution is 7.47. The minimum absolute atomic E-state index is 0.101. The van der Waals surface area contributed by atoms with Crippen LogP contribution in [0.4, 0.5) is 0 Å². The molecule has 0 bridgehead atoms. The van der Waals surface area contributed by atoms with Crippen molar-refractivity contribution in [3.05, 3.63) is 0 Å². The van der Waals surface area contributed by atoms with Crippen LogP contribution in [0.15, 0.2) is 0 Å². The third-order valence-corrected chi connectivity index (χ3v) is 17.2. The van der Waals surface area contributed by atoms with E-state index in [0.29, 0.717) is 37.5 Å². The van der Waals surface area contributed by atoms with Gasteiger partial charge in [-0.3, -0.25) is 37.3 Å². The molecule has 5 atom stereocenters. The Morgan fingerprint density at radius 3 is 0.721 bits per heavy atom. The number of aliphatic hydroxyl groups is 1. The molecule has 17 nitrogen and oxygen atoms in total. The fourth-order valence-corrected chi connectivity index (χ4v) is 11.5. The number of esters is 4. The predicted octanol–water partition coefficient (Wildman–Crippen LogP) is 18.5. The van der Waals surface area contributed by atoms with Crippen molar-refractivity contribution in [3.63, 3.8) is 0 Å². The Balaban J connectivity index is 5.23. The summed E-state index contributed by atoms with van der Waals surface area (Å²) in [6.07, 6.45) is 37.9. The van der Waals surface area contributed by atoms with Crippen LogP contribution in [0.25, 0.3) is 0 Å². The minimum atomic E-state index is -4.95. The van der Waals surface area contributed by atoms with Gasteiger partial charge in [-0.1, -0.05) is 274 Å². The van der Waals surface area contributed by atoms with Crippen molar-refractivity contribution in [2.45, 2.75) is 343 Å². The second-order valence-electron chi connectivity index (χ2n) is 26.1. The first-order chi connectivity index (χ1) is 41.1. The van der Waals surface area contributed by atoms with E-state index in [0.717, 1.165) is 108 Å². The van der Waals surface area contributed by atoms with Gasteiger partial charge < -0.3 is 33.8 Å². The zero-order valence-electron chi connectivity index (χ0n) is 55.9. The van der Waals surface area contributed by atoms with Crippen LogP contribution in [0.3, 0.4) is 0 Å². The van der Waals surface area contributed by atoms with Gasteiger partial charge in [-0.25, -0.2) is 9.13 Å². The van der Waals surface area contributed by atoms with Crippen LogP contribution in [-0.4, -0.2) is 96.7 Å². The Labute approximate surface area is 524 Å². The van der Waals surface area contributed by atoms with Crippen LogP contribution in [0.2, 0.25) is 0 Å². The molecule has 19 heteroatoms. The van der Waals surface area contributed by atoms with Crippen molar-refractivity contribution in [2.75, 3.05) is 39.6 Å². The van der Waals surface area contributed by atoms with E-state index in [9.17, 15) is 43.2 Å². The summed E-state index contributed by atoms with van der Waals surface area (Å²) >= 11 is 0. The van der Waals surface area contributed by atoms with Crippen molar-refractivity contribution >= 4 is 39.5 Å². The molecule has 0 fully saturated rings. The molecule has 0 aliphatic carbocycles. The van der Waals surface area contributed by atoms with Gasteiger partial charge in [-0.15, -0.1) is 0 Å². The molecule has 0 radical (unpaired) electrons. The maximum Gasteiger partial charge on any atom is 0.472 e. The molecule has 0 rings (SSSR count). The van der Waals surface area contributed by atoms with Gasteiger partial charge in [0.1, 0.15) is 19.3 Å². The molecule has 3 N–H and O–H groups in total. The fraction of sp³-hybridized carbons (Fsp3) is 0.940. The van der Waals surface area contributed by atoms with Crippen molar-refractivity contribution < 1.29 is 80.2 Å². The lowest BCUT2D eigenvalue weighted by atomic mass is 10.0. The molecule has 86 heavy (non-hydrogen) atoms. The van der Waals surface area contributed by atoms with Gasteiger partial charge >= 0.3 is 39.5 Å². The van der Waals surface area contributed by atoms with Crippen LogP contribution in [-0.2, 0) is 65.4 Å². The first-order valence-corrected chi connectivity index (χ1v) is 37.7. The van der Waals surface area contributed by atoms with Gasteiger partial charge in [-0.2, -0.15) is 0 Å². The molecule has 0 amide bonds. The number of phosphoric ester groups is 2. The highest BCUT2D eigenvalue weighted by Crippen LogP contribution is 2.45. The summed E-state index contributed by atoms with van der Waals surface area (Å²) < 4.78 is 68.1. The molecule has 0 aromatic rings. The first-order valence-electron chi connectivity index (χ1n) is 34.7. The summed E-state index contributed by atoms with van der Waals surface area (Å²) in [7, 11) is -9.89. The largest absolute Gasteiger partial charge is 0.472 e. The number of hydrogen-bond donors (Lipinski definition) is 3. The van der Waals surface area contributed by atoms with E-state index in [1.54, 1.807) is 0 Å². The smallest absolute Gasteiger partial charge is 0.462 e. The lowest BCUT2D eigenvalue weighted by molar-refractivity contribution is -0.161. The second kappa shape index (κ2) is 57.0. The summed E-state index contributed by atoms with van der Waals surface area (Å²) in [6.45, 7) is 14.0. The van der Waals surface area contributed by atoms with E-state index < -0.39 is 97.5 Å². The molecular formula is C67H130O17P2. The second-order valence-corrected chi connectivity index (χ2v) is 29.0.